The number of hydrogen-bond acceptors (Lipinski definition) is 0. The zero-order chi connectivity index (χ0) is 15.2. The number of rotatable bonds is 5. The maximum absolute atomic E-state index is 2.33. The van der Waals surface area contributed by atoms with Gasteiger partial charge in [0.05, 0.1) is 0 Å². The van der Waals surface area contributed by atoms with Gasteiger partial charge in [0.1, 0.15) is 0 Å². The summed E-state index contributed by atoms with van der Waals surface area (Å²) in [5, 5.41) is 0. The second kappa shape index (κ2) is 7.63. The van der Waals surface area contributed by atoms with Crippen LogP contribution in [0.2, 0.25) is 0 Å². The van der Waals surface area contributed by atoms with Crippen LogP contribution in [0.25, 0.3) is 11.1 Å². The van der Waals surface area contributed by atoms with Crippen LogP contribution in [0.1, 0.15) is 51.0 Å². The molecule has 0 radical (unpaired) electrons. The highest BCUT2D eigenvalue weighted by Gasteiger charge is 2.21. The molecule has 2 aromatic rings. The van der Waals surface area contributed by atoms with E-state index in [9.17, 15) is 0 Å². The van der Waals surface area contributed by atoms with Gasteiger partial charge >= 0.3 is 0 Å². The highest BCUT2D eigenvalue weighted by atomic mass is 14.3. The Kier molecular flexibility index (Phi) is 5.32. The fraction of sp³-hybridized carbons (Fsp3) is 0.455. The molecule has 116 valence electrons. The van der Waals surface area contributed by atoms with Crippen molar-refractivity contribution in [2.24, 2.45) is 11.8 Å². The van der Waals surface area contributed by atoms with Crippen molar-refractivity contribution in [2.75, 3.05) is 0 Å². The second-order valence-corrected chi connectivity index (χ2v) is 6.90. The highest BCUT2D eigenvalue weighted by molar-refractivity contribution is 5.67. The topological polar surface area (TPSA) is 0 Å². The van der Waals surface area contributed by atoms with E-state index >= 15 is 0 Å². The first-order valence-corrected chi connectivity index (χ1v) is 9.00. The lowest BCUT2D eigenvalue weighted by molar-refractivity contribution is 0.261. The molecule has 0 aromatic heterocycles. The first-order valence-electron chi connectivity index (χ1n) is 9.00. The van der Waals surface area contributed by atoms with Crippen molar-refractivity contribution in [2.45, 2.75) is 51.9 Å². The van der Waals surface area contributed by atoms with Crippen molar-refractivity contribution < 1.29 is 0 Å². The average Bonchev–Trinajstić information content (AvgIpc) is 2.58. The molecule has 0 spiro atoms. The van der Waals surface area contributed by atoms with Crippen LogP contribution in [0, 0.1) is 11.8 Å². The molecule has 0 N–H and O–H groups in total. The Morgan fingerprint density at radius 3 is 2.14 bits per heavy atom. The molecule has 0 saturated heterocycles. The molecular formula is C22H28. The summed E-state index contributed by atoms with van der Waals surface area (Å²) in [5.74, 6) is 1.89. The van der Waals surface area contributed by atoms with Crippen molar-refractivity contribution in [3.05, 3.63) is 60.2 Å². The van der Waals surface area contributed by atoms with Crippen LogP contribution in [0.5, 0.6) is 0 Å². The zero-order valence-electron chi connectivity index (χ0n) is 13.8. The Bertz CT molecular complexity index is 562. The molecule has 0 atom stereocenters. The SMILES string of the molecule is CCCC1CCC(Cc2ccccc2-c2ccccc2)CC1. The van der Waals surface area contributed by atoms with Crippen molar-refractivity contribution >= 4 is 0 Å². The molecule has 0 unspecified atom stereocenters. The van der Waals surface area contributed by atoms with Crippen molar-refractivity contribution in [3.8, 4) is 11.1 Å². The van der Waals surface area contributed by atoms with Gasteiger partial charge < -0.3 is 0 Å². The van der Waals surface area contributed by atoms with E-state index in [1.807, 2.05) is 0 Å². The third-order valence-electron chi connectivity index (χ3n) is 5.27. The summed E-state index contributed by atoms with van der Waals surface area (Å²) >= 11 is 0. The molecule has 1 fully saturated rings. The Balaban J connectivity index is 1.69. The molecule has 0 bridgehead atoms. The van der Waals surface area contributed by atoms with Crippen LogP contribution < -0.4 is 0 Å². The molecule has 0 heterocycles. The van der Waals surface area contributed by atoms with Crippen LogP contribution in [-0.4, -0.2) is 0 Å². The fourth-order valence-corrected chi connectivity index (χ4v) is 4.04. The van der Waals surface area contributed by atoms with Gasteiger partial charge in [-0.15, -0.1) is 0 Å². The van der Waals surface area contributed by atoms with E-state index in [1.165, 1.54) is 61.6 Å². The minimum atomic E-state index is 0.887. The van der Waals surface area contributed by atoms with Crippen LogP contribution in [0.15, 0.2) is 54.6 Å². The Labute approximate surface area is 135 Å². The number of hydrogen-bond donors (Lipinski definition) is 0. The van der Waals surface area contributed by atoms with Gasteiger partial charge in [-0.05, 0) is 47.8 Å². The van der Waals surface area contributed by atoms with Crippen LogP contribution >= 0.6 is 0 Å². The molecule has 0 heteroatoms. The van der Waals surface area contributed by atoms with Gasteiger partial charge in [-0.2, -0.15) is 0 Å². The van der Waals surface area contributed by atoms with Gasteiger partial charge in [0.25, 0.3) is 0 Å². The average molecular weight is 292 g/mol. The maximum atomic E-state index is 2.33. The summed E-state index contributed by atoms with van der Waals surface area (Å²) in [6, 6.07) is 19.8. The lowest BCUT2D eigenvalue weighted by atomic mass is 9.77. The van der Waals surface area contributed by atoms with Crippen molar-refractivity contribution in [1.82, 2.24) is 0 Å². The monoisotopic (exact) mass is 292 g/mol. The van der Waals surface area contributed by atoms with Gasteiger partial charge in [-0.25, -0.2) is 0 Å². The van der Waals surface area contributed by atoms with Crippen LogP contribution in [0.4, 0.5) is 0 Å². The van der Waals surface area contributed by atoms with E-state index < -0.39 is 0 Å². The second-order valence-electron chi connectivity index (χ2n) is 6.90. The predicted octanol–water partition coefficient (Wildman–Crippen LogP) is 6.50. The molecule has 22 heavy (non-hydrogen) atoms. The minimum absolute atomic E-state index is 0.887. The van der Waals surface area contributed by atoms with Gasteiger partial charge in [0.2, 0.25) is 0 Å². The largest absolute Gasteiger partial charge is 0.0654 e. The van der Waals surface area contributed by atoms with E-state index in [-0.39, 0.29) is 0 Å². The maximum Gasteiger partial charge on any atom is -0.0152 e. The van der Waals surface area contributed by atoms with Crippen molar-refractivity contribution in [1.29, 1.82) is 0 Å². The predicted molar refractivity (Wildman–Crippen MR) is 95.9 cm³/mol. The van der Waals surface area contributed by atoms with Gasteiger partial charge in [-0.1, -0.05) is 87.2 Å². The standard InChI is InChI=1S/C22H28/c1-2-8-18-13-15-19(16-14-18)17-21-11-6-7-12-22(21)20-9-4-3-5-10-20/h3-7,9-12,18-19H,2,8,13-17H2,1H3. The molecule has 0 aliphatic heterocycles. The van der Waals surface area contributed by atoms with E-state index in [4.69, 9.17) is 0 Å². The molecule has 1 saturated carbocycles. The summed E-state index contributed by atoms with van der Waals surface area (Å²) < 4.78 is 0. The zero-order valence-corrected chi connectivity index (χ0v) is 13.8. The smallest absolute Gasteiger partial charge is 0.0152 e. The third kappa shape index (κ3) is 3.80. The summed E-state index contributed by atoms with van der Waals surface area (Å²) in [6.45, 7) is 2.32. The molecular weight excluding hydrogens is 264 g/mol. The lowest BCUT2D eigenvalue weighted by Gasteiger charge is -2.29. The van der Waals surface area contributed by atoms with Crippen LogP contribution in [0.3, 0.4) is 0 Å². The summed E-state index contributed by atoms with van der Waals surface area (Å²) in [4.78, 5) is 0. The quantitative estimate of drug-likeness (QED) is 0.590. The number of benzene rings is 2. The lowest BCUT2D eigenvalue weighted by Crippen LogP contribution is -2.16. The Morgan fingerprint density at radius 2 is 1.41 bits per heavy atom. The van der Waals surface area contributed by atoms with Crippen LogP contribution in [-0.2, 0) is 6.42 Å². The molecule has 3 rings (SSSR count). The molecule has 0 amide bonds. The minimum Gasteiger partial charge on any atom is -0.0654 e. The van der Waals surface area contributed by atoms with Gasteiger partial charge in [0, 0.05) is 0 Å². The first-order chi connectivity index (χ1) is 10.9. The molecule has 1 aliphatic rings. The normalized spacial score (nSPS) is 21.7. The van der Waals surface area contributed by atoms with Crippen molar-refractivity contribution in [3.63, 3.8) is 0 Å². The first kappa shape index (κ1) is 15.3. The van der Waals surface area contributed by atoms with E-state index in [1.54, 1.807) is 0 Å². The highest BCUT2D eigenvalue weighted by Crippen LogP contribution is 2.35. The third-order valence-corrected chi connectivity index (χ3v) is 5.27. The molecule has 2 aromatic carbocycles. The molecule has 0 nitrogen and oxygen atoms in total. The van der Waals surface area contributed by atoms with E-state index in [0.717, 1.165) is 11.8 Å². The Hall–Kier alpha value is -1.56. The van der Waals surface area contributed by atoms with Gasteiger partial charge in [0.15, 0.2) is 0 Å². The fourth-order valence-electron chi connectivity index (χ4n) is 4.04. The van der Waals surface area contributed by atoms with E-state index in [0.29, 0.717) is 0 Å². The summed E-state index contributed by atoms with van der Waals surface area (Å²) in [6.07, 6.45) is 9.79. The van der Waals surface area contributed by atoms with Gasteiger partial charge in [-0.3, -0.25) is 0 Å². The van der Waals surface area contributed by atoms with E-state index in [2.05, 4.69) is 61.5 Å². The summed E-state index contributed by atoms with van der Waals surface area (Å²) in [7, 11) is 0. The summed E-state index contributed by atoms with van der Waals surface area (Å²) in [5.41, 5.74) is 4.32. The Morgan fingerprint density at radius 1 is 0.773 bits per heavy atom. The molecule has 1 aliphatic carbocycles.